The van der Waals surface area contributed by atoms with Crippen LogP contribution in [0.25, 0.3) is 10.9 Å². The number of benzene rings is 1. The SMILES string of the molecule is CC.CC.CCc1c[nH]c2ccccc12. The maximum absolute atomic E-state index is 3.24. The van der Waals surface area contributed by atoms with Gasteiger partial charge in [-0.3, -0.25) is 0 Å². The highest BCUT2D eigenvalue weighted by Gasteiger charge is 1.97. The molecule has 0 fully saturated rings. The Morgan fingerprint density at radius 3 is 2.20 bits per heavy atom. The van der Waals surface area contributed by atoms with Gasteiger partial charge in [0, 0.05) is 17.1 Å². The number of aryl methyl sites for hydroxylation is 1. The average molecular weight is 205 g/mol. The number of nitrogens with one attached hydrogen (secondary N) is 1. The summed E-state index contributed by atoms with van der Waals surface area (Å²) in [5.74, 6) is 0. The van der Waals surface area contributed by atoms with Gasteiger partial charge >= 0.3 is 0 Å². The summed E-state index contributed by atoms with van der Waals surface area (Å²) in [6, 6.07) is 8.40. The number of H-pyrrole nitrogens is 1. The summed E-state index contributed by atoms with van der Waals surface area (Å²) in [4.78, 5) is 3.24. The van der Waals surface area contributed by atoms with E-state index in [1.54, 1.807) is 0 Å². The van der Waals surface area contributed by atoms with Crippen molar-refractivity contribution in [3.63, 3.8) is 0 Å². The lowest BCUT2D eigenvalue weighted by molar-refractivity contribution is 1.15. The van der Waals surface area contributed by atoms with E-state index in [1.807, 2.05) is 27.7 Å². The van der Waals surface area contributed by atoms with E-state index in [0.29, 0.717) is 0 Å². The van der Waals surface area contributed by atoms with Crippen molar-refractivity contribution in [2.24, 2.45) is 0 Å². The second-order valence-electron chi connectivity index (χ2n) is 2.71. The van der Waals surface area contributed by atoms with Gasteiger partial charge in [0.25, 0.3) is 0 Å². The molecule has 0 saturated carbocycles. The molecular weight excluding hydrogens is 182 g/mol. The van der Waals surface area contributed by atoms with Gasteiger partial charge in [-0.2, -0.15) is 0 Å². The molecule has 0 unspecified atom stereocenters. The molecule has 2 aromatic rings. The Kier molecular flexibility index (Phi) is 7.43. The predicted molar refractivity (Wildman–Crippen MR) is 70.4 cm³/mol. The van der Waals surface area contributed by atoms with E-state index < -0.39 is 0 Å². The first-order chi connectivity index (χ1) is 7.42. The third-order valence-electron chi connectivity index (χ3n) is 2.06. The van der Waals surface area contributed by atoms with Crippen LogP contribution in [0.2, 0.25) is 0 Å². The maximum atomic E-state index is 3.24. The van der Waals surface area contributed by atoms with Crippen molar-refractivity contribution < 1.29 is 0 Å². The van der Waals surface area contributed by atoms with E-state index in [-0.39, 0.29) is 0 Å². The predicted octanol–water partition coefficient (Wildman–Crippen LogP) is 4.78. The summed E-state index contributed by atoms with van der Waals surface area (Å²) in [5, 5.41) is 1.36. The Balaban J connectivity index is 0.000000442. The highest BCUT2D eigenvalue weighted by molar-refractivity contribution is 5.82. The molecule has 15 heavy (non-hydrogen) atoms. The van der Waals surface area contributed by atoms with Gasteiger partial charge in [0.2, 0.25) is 0 Å². The van der Waals surface area contributed by atoms with Crippen LogP contribution in [0, 0.1) is 0 Å². The molecule has 0 radical (unpaired) electrons. The summed E-state index contributed by atoms with van der Waals surface area (Å²) < 4.78 is 0. The maximum Gasteiger partial charge on any atom is 0.0456 e. The lowest BCUT2D eigenvalue weighted by Crippen LogP contribution is -1.72. The number of aromatic nitrogens is 1. The second-order valence-corrected chi connectivity index (χ2v) is 2.71. The number of hydrogen-bond donors (Lipinski definition) is 1. The number of aromatic amines is 1. The van der Waals surface area contributed by atoms with Crippen LogP contribution in [-0.2, 0) is 6.42 Å². The van der Waals surface area contributed by atoms with Crippen molar-refractivity contribution in [1.29, 1.82) is 0 Å². The van der Waals surface area contributed by atoms with Crippen molar-refractivity contribution >= 4 is 10.9 Å². The summed E-state index contributed by atoms with van der Waals surface area (Å²) in [6.07, 6.45) is 3.19. The second kappa shape index (κ2) is 8.10. The topological polar surface area (TPSA) is 15.8 Å². The van der Waals surface area contributed by atoms with Crippen molar-refractivity contribution in [2.45, 2.75) is 41.0 Å². The highest BCUT2D eigenvalue weighted by atomic mass is 14.7. The molecule has 0 aliphatic rings. The van der Waals surface area contributed by atoms with E-state index in [1.165, 1.54) is 16.5 Å². The van der Waals surface area contributed by atoms with E-state index in [4.69, 9.17) is 0 Å². The lowest BCUT2D eigenvalue weighted by atomic mass is 10.1. The van der Waals surface area contributed by atoms with Crippen LogP contribution in [0.3, 0.4) is 0 Å². The molecule has 1 heterocycles. The molecule has 0 aliphatic heterocycles. The van der Waals surface area contributed by atoms with Crippen LogP contribution < -0.4 is 0 Å². The Hall–Kier alpha value is -1.24. The minimum absolute atomic E-state index is 1.10. The largest absolute Gasteiger partial charge is 0.361 e. The van der Waals surface area contributed by atoms with E-state index >= 15 is 0 Å². The zero-order valence-corrected chi connectivity index (χ0v) is 10.6. The Morgan fingerprint density at radius 1 is 1.00 bits per heavy atom. The van der Waals surface area contributed by atoms with Gasteiger partial charge in [-0.1, -0.05) is 52.8 Å². The minimum Gasteiger partial charge on any atom is -0.361 e. The number of fused-ring (bicyclic) bond motifs is 1. The molecule has 1 aromatic carbocycles. The lowest BCUT2D eigenvalue weighted by Gasteiger charge is -1.90. The molecule has 1 N–H and O–H groups in total. The van der Waals surface area contributed by atoms with E-state index in [9.17, 15) is 0 Å². The average Bonchev–Trinajstić information content (AvgIpc) is 2.77. The van der Waals surface area contributed by atoms with Crippen LogP contribution in [0.4, 0.5) is 0 Å². The Morgan fingerprint density at radius 2 is 1.60 bits per heavy atom. The van der Waals surface area contributed by atoms with Crippen molar-refractivity contribution in [3.8, 4) is 0 Å². The van der Waals surface area contributed by atoms with Crippen molar-refractivity contribution in [3.05, 3.63) is 36.0 Å². The van der Waals surface area contributed by atoms with Crippen LogP contribution >= 0.6 is 0 Å². The summed E-state index contributed by atoms with van der Waals surface area (Å²) in [7, 11) is 0. The van der Waals surface area contributed by atoms with E-state index in [0.717, 1.165) is 6.42 Å². The number of rotatable bonds is 1. The monoisotopic (exact) mass is 205 g/mol. The van der Waals surface area contributed by atoms with Crippen LogP contribution in [-0.4, -0.2) is 4.98 Å². The Labute approximate surface area is 93.5 Å². The molecule has 0 atom stereocenters. The normalized spacial score (nSPS) is 8.60. The molecule has 1 nitrogen and oxygen atoms in total. The first-order valence-corrected chi connectivity index (χ1v) is 5.97. The van der Waals surface area contributed by atoms with Crippen LogP contribution in [0.1, 0.15) is 40.2 Å². The third kappa shape index (κ3) is 3.43. The molecule has 0 spiro atoms. The third-order valence-corrected chi connectivity index (χ3v) is 2.06. The first kappa shape index (κ1) is 13.8. The molecule has 2 rings (SSSR count). The quantitative estimate of drug-likeness (QED) is 0.689. The molecule has 0 bridgehead atoms. The minimum atomic E-state index is 1.10. The number of para-hydroxylation sites is 1. The molecule has 0 aliphatic carbocycles. The summed E-state index contributed by atoms with van der Waals surface area (Å²) >= 11 is 0. The summed E-state index contributed by atoms with van der Waals surface area (Å²) in [6.45, 7) is 10.2. The standard InChI is InChI=1S/C10H11N.2C2H6/c1-2-8-7-11-10-6-4-3-5-9(8)10;2*1-2/h3-7,11H,2H2,1H3;2*1-2H3. The molecule has 84 valence electrons. The fourth-order valence-electron chi connectivity index (χ4n) is 1.42. The van der Waals surface area contributed by atoms with Gasteiger partial charge in [0.1, 0.15) is 0 Å². The van der Waals surface area contributed by atoms with Gasteiger partial charge in [0.05, 0.1) is 0 Å². The molecule has 0 saturated heterocycles. The van der Waals surface area contributed by atoms with Gasteiger partial charge < -0.3 is 4.98 Å². The summed E-state index contributed by atoms with van der Waals surface area (Å²) in [5.41, 5.74) is 2.64. The van der Waals surface area contributed by atoms with Gasteiger partial charge in [-0.25, -0.2) is 0 Å². The number of hydrogen-bond acceptors (Lipinski definition) is 0. The highest BCUT2D eigenvalue weighted by Crippen LogP contribution is 2.17. The molecule has 1 heteroatoms. The molecular formula is C14H23N. The van der Waals surface area contributed by atoms with Crippen molar-refractivity contribution in [2.75, 3.05) is 0 Å². The molecule has 1 aromatic heterocycles. The Bertz CT molecular complexity index is 360. The zero-order chi connectivity index (χ0) is 11.7. The van der Waals surface area contributed by atoms with Crippen molar-refractivity contribution in [1.82, 2.24) is 4.98 Å². The first-order valence-electron chi connectivity index (χ1n) is 5.97. The van der Waals surface area contributed by atoms with Gasteiger partial charge in [-0.05, 0) is 18.1 Å². The van der Waals surface area contributed by atoms with E-state index in [2.05, 4.69) is 42.4 Å². The van der Waals surface area contributed by atoms with Crippen LogP contribution in [0.5, 0.6) is 0 Å². The molecule has 0 amide bonds. The zero-order valence-electron chi connectivity index (χ0n) is 10.6. The smallest absolute Gasteiger partial charge is 0.0456 e. The fourth-order valence-corrected chi connectivity index (χ4v) is 1.42. The van der Waals surface area contributed by atoms with Crippen LogP contribution in [0.15, 0.2) is 30.5 Å². The fraction of sp³-hybridized carbons (Fsp3) is 0.429. The van der Waals surface area contributed by atoms with Gasteiger partial charge in [0.15, 0.2) is 0 Å². The van der Waals surface area contributed by atoms with Gasteiger partial charge in [-0.15, -0.1) is 0 Å².